The van der Waals surface area contributed by atoms with E-state index in [1.807, 2.05) is 0 Å². The minimum atomic E-state index is -4.46. The van der Waals surface area contributed by atoms with Crippen molar-refractivity contribution in [2.24, 2.45) is 5.92 Å². The van der Waals surface area contributed by atoms with Crippen LogP contribution >= 0.6 is 7.82 Å². The van der Waals surface area contributed by atoms with Crippen LogP contribution in [0.1, 0.15) is 46.0 Å². The fraction of sp³-hybridized carbons (Fsp3) is 0.829. The molecule has 2 N–H and O–H groups in total. The zero-order valence-corrected chi connectivity index (χ0v) is 41.1. The van der Waals surface area contributed by atoms with Gasteiger partial charge in [0.2, 0.25) is 0 Å². The molecule has 2 aliphatic heterocycles. The quantitative estimate of drug-likeness (QED) is 0.0286. The highest BCUT2D eigenvalue weighted by Gasteiger charge is 2.45. The summed E-state index contributed by atoms with van der Waals surface area (Å²) in [6, 6.07) is 1.70. The Labute approximate surface area is 358 Å². The number of rotatable bonds is 28. The van der Waals surface area contributed by atoms with E-state index in [2.05, 4.69) is 22.4 Å². The van der Waals surface area contributed by atoms with Crippen molar-refractivity contribution in [3.05, 3.63) is 24.3 Å². The summed E-state index contributed by atoms with van der Waals surface area (Å²) in [5.41, 5.74) is 0.560. The van der Waals surface area contributed by atoms with Crippen molar-refractivity contribution in [1.29, 1.82) is 0 Å². The summed E-state index contributed by atoms with van der Waals surface area (Å²) < 4.78 is 91.9. The molecule has 60 heavy (non-hydrogen) atoms. The third-order valence-corrected chi connectivity index (χ3v) is 17.1. The normalized spacial score (nSPS) is 19.5. The molecule has 3 fully saturated rings. The largest absolute Gasteiger partial charge is 0.679 e. The Morgan fingerprint density at radius 3 is 1.58 bits per heavy atom. The van der Waals surface area contributed by atoms with Gasteiger partial charge < -0.3 is 77.7 Å². The fourth-order valence-electron chi connectivity index (χ4n) is 5.28. The molecule has 25 heteroatoms. The zero-order chi connectivity index (χ0) is 45.8. The molecule has 2 saturated heterocycles. The first kappa shape index (κ1) is 58.7. The van der Waals surface area contributed by atoms with Gasteiger partial charge in [-0.2, -0.15) is 0 Å². The molecule has 0 radical (unpaired) electrons. The second kappa shape index (κ2) is 31.5. The molecule has 3 rings (SSSR count). The zero-order valence-electron chi connectivity index (χ0n) is 37.2. The lowest BCUT2D eigenvalue weighted by atomic mass is 9.88. The lowest BCUT2D eigenvalue weighted by molar-refractivity contribution is -0.141. The molecule has 1 saturated carbocycles. The molecule has 21 nitrogen and oxygen atoms in total. The Morgan fingerprint density at radius 2 is 1.17 bits per heavy atom. The highest BCUT2D eigenvalue weighted by Crippen LogP contribution is 2.41. The van der Waals surface area contributed by atoms with E-state index in [-0.39, 0.29) is 32.0 Å². The molecule has 3 aliphatic rings. The first-order valence-electron chi connectivity index (χ1n) is 19.1. The molecule has 1 aliphatic carbocycles. The van der Waals surface area contributed by atoms with Crippen LogP contribution in [0.5, 0.6) is 0 Å². The van der Waals surface area contributed by atoms with E-state index in [1.54, 1.807) is 49.6 Å². The van der Waals surface area contributed by atoms with Crippen LogP contribution in [0.15, 0.2) is 24.3 Å². The Hall–Kier alpha value is -1.34. The van der Waals surface area contributed by atoms with Gasteiger partial charge in [-0.1, -0.05) is 13.2 Å². The highest BCUT2D eigenvalue weighted by atomic mass is 31.2. The van der Waals surface area contributed by atoms with Gasteiger partial charge in [-0.25, -0.2) is 14.2 Å². The first-order chi connectivity index (χ1) is 28.3. The summed E-state index contributed by atoms with van der Waals surface area (Å²) in [6.45, 7) is 11.7. The number of phosphoric acid groups is 1. The van der Waals surface area contributed by atoms with Crippen LogP contribution in [0.2, 0.25) is 12.1 Å². The smallest absolute Gasteiger partial charge is 0.460 e. The first-order valence-corrected chi connectivity index (χ1v) is 26.2. The summed E-state index contributed by atoms with van der Waals surface area (Å²) in [4.78, 5) is 38.2. The van der Waals surface area contributed by atoms with Gasteiger partial charge in [0.05, 0.1) is 38.6 Å². The molecule has 4 atom stereocenters. The molecular weight excluding hydrogens is 872 g/mol. The number of carbonyl (C=O) groups excluding carboxylic acids is 2. The fourth-order valence-corrected chi connectivity index (χ4v) is 10.3. The average molecular weight is 943 g/mol. The molecule has 0 bridgehead atoms. The van der Waals surface area contributed by atoms with E-state index in [9.17, 15) is 14.2 Å². The Kier molecular flexibility index (Phi) is 30.8. The maximum atomic E-state index is 11.0. The highest BCUT2D eigenvalue weighted by molar-refractivity contribution is 7.46. The monoisotopic (exact) mass is 942 g/mol. The molecule has 2 heterocycles. The number of esters is 2. The summed E-state index contributed by atoms with van der Waals surface area (Å²) >= 11 is 0. The van der Waals surface area contributed by atoms with Crippen LogP contribution in [0.3, 0.4) is 0 Å². The van der Waals surface area contributed by atoms with E-state index in [4.69, 9.17) is 73.0 Å². The molecule has 354 valence electrons. The predicted octanol–water partition coefficient (Wildman–Crippen LogP) is 3.20. The van der Waals surface area contributed by atoms with Gasteiger partial charge in [0.1, 0.15) is 19.3 Å². The molecule has 0 aromatic rings. The lowest BCUT2D eigenvalue weighted by Crippen LogP contribution is -2.47. The maximum Gasteiger partial charge on any atom is 0.679 e. The van der Waals surface area contributed by atoms with Gasteiger partial charge in [0, 0.05) is 93.8 Å². The van der Waals surface area contributed by atoms with Gasteiger partial charge in [-0.15, -0.1) is 0 Å². The van der Waals surface area contributed by atoms with Crippen molar-refractivity contribution in [3.63, 3.8) is 0 Å². The van der Waals surface area contributed by atoms with Crippen molar-refractivity contribution in [3.8, 4) is 0 Å². The van der Waals surface area contributed by atoms with E-state index in [1.165, 1.54) is 47.5 Å². The van der Waals surface area contributed by atoms with E-state index in [0.29, 0.717) is 37.1 Å². The molecule has 0 amide bonds. The maximum absolute atomic E-state index is 11.0. The summed E-state index contributed by atoms with van der Waals surface area (Å²) in [5, 5.41) is 0. The van der Waals surface area contributed by atoms with Crippen molar-refractivity contribution < 1.29 is 96.4 Å². The predicted molar refractivity (Wildman–Crippen MR) is 221 cm³/mol. The van der Waals surface area contributed by atoms with Gasteiger partial charge in [0.15, 0.2) is 0 Å². The number of epoxide rings is 2. The number of fused-ring (bicyclic) bond motifs is 1. The number of hydrogen-bond donors (Lipinski definition) is 2. The van der Waals surface area contributed by atoms with Crippen molar-refractivity contribution in [2.75, 3.05) is 110 Å². The summed E-state index contributed by atoms with van der Waals surface area (Å²) in [6.07, 6.45) is 7.22. The number of ether oxygens (including phenoxy) is 5. The van der Waals surface area contributed by atoms with Crippen molar-refractivity contribution >= 4 is 46.4 Å². The Bertz CT molecular complexity index is 1240. The standard InChI is InChI=1S/C11H22O4Si.C9H18O6Si.C9H20O5Si.C6H11O6P/c1-12-16(13-2,14-3)7-6-9-4-5-10-11(8-9)15-10;1-8(2)9(10)14-6-7-15-16(11-3,12-4)13-5;1-10-15(11-2,12-3)6-4-5-13-7-9-8-14-9;1-5(2)6(7)11-3-4-12-13(8,9)10/h9-11H,4-8H2,1-3H3;1,6-7H2,2-5H3;9H,4-8H2,1-3H3;1,3-4H2,2H3,(H2,8,9,10). The van der Waals surface area contributed by atoms with Crippen LogP contribution in [0.25, 0.3) is 0 Å². The van der Waals surface area contributed by atoms with Crippen LogP contribution < -0.4 is 0 Å². The third kappa shape index (κ3) is 25.7. The Balaban J connectivity index is 0.000000776. The summed E-state index contributed by atoms with van der Waals surface area (Å²) in [5.74, 6) is -0.312. The van der Waals surface area contributed by atoms with Gasteiger partial charge in [-0.05, 0) is 51.9 Å². The van der Waals surface area contributed by atoms with E-state index >= 15 is 0 Å². The molecule has 4 unspecified atom stereocenters. The Morgan fingerprint density at radius 1 is 0.683 bits per heavy atom. The van der Waals surface area contributed by atoms with Crippen LogP contribution in [0, 0.1) is 5.92 Å². The number of hydrogen-bond acceptors (Lipinski definition) is 19. The second-order valence-electron chi connectivity index (χ2n) is 13.3. The lowest BCUT2D eigenvalue weighted by Gasteiger charge is -2.27. The minimum Gasteiger partial charge on any atom is -0.460 e. The second-order valence-corrected chi connectivity index (χ2v) is 23.2. The number of carbonyl (C=O) groups is 2. The third-order valence-electron chi connectivity index (χ3n) is 8.93. The topological polar surface area (TPSA) is 246 Å². The van der Waals surface area contributed by atoms with Crippen LogP contribution in [0.4, 0.5) is 0 Å². The molecule has 0 aromatic carbocycles. The van der Waals surface area contributed by atoms with Gasteiger partial charge >= 0.3 is 46.4 Å². The van der Waals surface area contributed by atoms with E-state index in [0.717, 1.165) is 37.5 Å². The van der Waals surface area contributed by atoms with Crippen LogP contribution in [-0.2, 0) is 86.6 Å². The van der Waals surface area contributed by atoms with Gasteiger partial charge in [0.25, 0.3) is 0 Å². The van der Waals surface area contributed by atoms with Gasteiger partial charge in [-0.3, -0.25) is 4.52 Å². The van der Waals surface area contributed by atoms with Crippen molar-refractivity contribution in [1.82, 2.24) is 0 Å². The van der Waals surface area contributed by atoms with Crippen molar-refractivity contribution in [2.45, 2.75) is 76.4 Å². The molecular formula is C35H71O21PSi3. The molecule has 0 aromatic heterocycles. The SMILES string of the molecule is C=C(C)C(=O)OCCOP(=O)(O)O.C=C(C)C(=O)OCCO[Si](OC)(OC)OC.CO[Si](CCC1CCC2OC2C1)(OC)OC.CO[Si](CCCOCC1CO1)(OC)OC. The number of phosphoric ester groups is 1. The molecule has 0 spiro atoms. The summed E-state index contributed by atoms with van der Waals surface area (Å²) in [7, 11) is 1.97. The average Bonchev–Trinajstić information content (AvgIpc) is 4.19. The minimum absolute atomic E-state index is 0.0938. The van der Waals surface area contributed by atoms with Crippen LogP contribution in [-0.4, -0.2) is 177 Å². The van der Waals surface area contributed by atoms with E-state index < -0.39 is 46.4 Å².